The molecule has 3 aromatic rings. The van der Waals surface area contributed by atoms with Crippen LogP contribution >= 0.6 is 0 Å². The Morgan fingerprint density at radius 1 is 1.04 bits per heavy atom. The molecule has 3 rings (SSSR count). The molecule has 0 saturated heterocycles. The van der Waals surface area contributed by atoms with Gasteiger partial charge in [-0.05, 0) is 34.5 Å². The van der Waals surface area contributed by atoms with Crippen molar-refractivity contribution < 1.29 is 15.0 Å². The number of hydrogen-bond acceptors (Lipinski definition) is 4. The van der Waals surface area contributed by atoms with Crippen molar-refractivity contribution in [3.63, 3.8) is 0 Å². The van der Waals surface area contributed by atoms with Crippen LogP contribution in [-0.2, 0) is 11.2 Å². The van der Waals surface area contributed by atoms with Crippen LogP contribution in [-0.4, -0.2) is 22.3 Å². The molecule has 3 N–H and O–H groups in total. The topological polar surface area (TPSA) is 81.9 Å². The van der Waals surface area contributed by atoms with E-state index in [1.165, 1.54) is 12.3 Å². The second kappa shape index (κ2) is 6.83. The summed E-state index contributed by atoms with van der Waals surface area (Å²) in [6.45, 7) is 0. The van der Waals surface area contributed by atoms with Crippen LogP contribution < -0.4 is 5.43 Å². The number of hydrogen-bond donors (Lipinski definition) is 3. The van der Waals surface area contributed by atoms with Gasteiger partial charge in [-0.2, -0.15) is 5.10 Å². The molecule has 0 aromatic heterocycles. The Morgan fingerprint density at radius 3 is 2.71 bits per heavy atom. The molecule has 0 atom stereocenters. The summed E-state index contributed by atoms with van der Waals surface area (Å²) in [7, 11) is 0. The molecule has 0 heterocycles. The molecule has 5 nitrogen and oxygen atoms in total. The van der Waals surface area contributed by atoms with Gasteiger partial charge in [0.25, 0.3) is 0 Å². The maximum Gasteiger partial charge on any atom is 0.244 e. The molecule has 0 unspecified atom stereocenters. The molecule has 0 aliphatic carbocycles. The minimum atomic E-state index is -0.309. The third-order valence-corrected chi connectivity index (χ3v) is 3.61. The maximum atomic E-state index is 11.9. The number of nitrogens with zero attached hydrogens (tertiary/aromatic N) is 1. The minimum Gasteiger partial charge on any atom is -0.508 e. The average molecular weight is 320 g/mol. The Hall–Kier alpha value is -3.34. The van der Waals surface area contributed by atoms with Crippen molar-refractivity contribution in [2.75, 3.05) is 0 Å². The first-order chi connectivity index (χ1) is 11.6. The van der Waals surface area contributed by atoms with Gasteiger partial charge in [-0.1, -0.05) is 42.5 Å². The van der Waals surface area contributed by atoms with Gasteiger partial charge in [0.05, 0.1) is 12.6 Å². The highest BCUT2D eigenvalue weighted by Gasteiger charge is 2.05. The number of phenols is 2. The van der Waals surface area contributed by atoms with Crippen molar-refractivity contribution in [1.29, 1.82) is 0 Å². The molecular weight excluding hydrogens is 304 g/mol. The molecule has 0 spiro atoms. The number of hydrazone groups is 1. The van der Waals surface area contributed by atoms with Crippen LogP contribution in [0.3, 0.4) is 0 Å². The van der Waals surface area contributed by atoms with E-state index in [4.69, 9.17) is 0 Å². The van der Waals surface area contributed by atoms with Crippen molar-refractivity contribution in [3.8, 4) is 11.5 Å². The highest BCUT2D eigenvalue weighted by molar-refractivity contribution is 6.02. The van der Waals surface area contributed by atoms with Crippen LogP contribution in [0.4, 0.5) is 0 Å². The van der Waals surface area contributed by atoms with Gasteiger partial charge >= 0.3 is 0 Å². The standard InChI is InChI=1S/C19H16N2O3/c22-15-6-3-4-13(10-15)11-19(24)21-20-12-17-16-7-2-1-5-14(16)8-9-18(17)23/h1-10,12,22-23H,11H2,(H,21,24)/b20-12-. The number of aromatic hydroxyl groups is 2. The molecule has 0 aliphatic heterocycles. The number of carbonyl (C=O) groups excluding carboxylic acids is 1. The Balaban J connectivity index is 1.72. The second-order valence-corrected chi connectivity index (χ2v) is 5.36. The summed E-state index contributed by atoms with van der Waals surface area (Å²) in [4.78, 5) is 11.9. The van der Waals surface area contributed by atoms with E-state index in [-0.39, 0.29) is 23.8 Å². The van der Waals surface area contributed by atoms with Crippen molar-refractivity contribution in [2.45, 2.75) is 6.42 Å². The van der Waals surface area contributed by atoms with E-state index in [1.54, 1.807) is 24.3 Å². The fourth-order valence-corrected chi connectivity index (χ4v) is 2.48. The lowest BCUT2D eigenvalue weighted by Gasteiger charge is -2.05. The molecule has 0 radical (unpaired) electrons. The van der Waals surface area contributed by atoms with E-state index in [9.17, 15) is 15.0 Å². The third kappa shape index (κ3) is 3.52. The van der Waals surface area contributed by atoms with Gasteiger partial charge in [0, 0.05) is 5.56 Å². The van der Waals surface area contributed by atoms with Gasteiger partial charge in [-0.25, -0.2) is 5.43 Å². The molecule has 0 saturated carbocycles. The summed E-state index contributed by atoms with van der Waals surface area (Å²) in [5.74, 6) is -0.0965. The van der Waals surface area contributed by atoms with Gasteiger partial charge in [-0.15, -0.1) is 0 Å². The lowest BCUT2D eigenvalue weighted by Crippen LogP contribution is -2.19. The normalized spacial score (nSPS) is 11.0. The molecule has 24 heavy (non-hydrogen) atoms. The van der Waals surface area contributed by atoms with Gasteiger partial charge in [0.15, 0.2) is 0 Å². The summed E-state index contributed by atoms with van der Waals surface area (Å²) in [5, 5.41) is 25.1. The van der Waals surface area contributed by atoms with Gasteiger partial charge in [-0.3, -0.25) is 4.79 Å². The zero-order chi connectivity index (χ0) is 16.9. The summed E-state index contributed by atoms with van der Waals surface area (Å²) in [6.07, 6.45) is 1.53. The van der Waals surface area contributed by atoms with Gasteiger partial charge in [0.1, 0.15) is 11.5 Å². The van der Waals surface area contributed by atoms with Crippen LogP contribution in [0.5, 0.6) is 11.5 Å². The lowest BCUT2D eigenvalue weighted by molar-refractivity contribution is -0.120. The Bertz CT molecular complexity index is 919. The van der Waals surface area contributed by atoms with Crippen LogP contribution in [0.1, 0.15) is 11.1 Å². The highest BCUT2D eigenvalue weighted by Crippen LogP contribution is 2.25. The quantitative estimate of drug-likeness (QED) is 0.510. The van der Waals surface area contributed by atoms with Crippen LogP contribution in [0.15, 0.2) is 65.8 Å². The van der Waals surface area contributed by atoms with E-state index in [2.05, 4.69) is 10.5 Å². The highest BCUT2D eigenvalue weighted by atomic mass is 16.3. The Morgan fingerprint density at radius 2 is 1.88 bits per heavy atom. The SMILES string of the molecule is O=C(Cc1cccc(O)c1)N/N=C\c1c(O)ccc2ccccc12. The van der Waals surface area contributed by atoms with Crippen molar-refractivity contribution in [2.24, 2.45) is 5.10 Å². The zero-order valence-electron chi connectivity index (χ0n) is 12.8. The number of benzene rings is 3. The fraction of sp³-hybridized carbons (Fsp3) is 0.0526. The third-order valence-electron chi connectivity index (χ3n) is 3.61. The first kappa shape index (κ1) is 15.6. The molecule has 0 fully saturated rings. The zero-order valence-corrected chi connectivity index (χ0v) is 12.8. The van der Waals surface area contributed by atoms with Crippen molar-refractivity contribution >= 4 is 22.9 Å². The number of rotatable bonds is 4. The van der Waals surface area contributed by atoms with E-state index < -0.39 is 0 Å². The van der Waals surface area contributed by atoms with Crippen LogP contribution in [0, 0.1) is 0 Å². The maximum absolute atomic E-state index is 11.9. The van der Waals surface area contributed by atoms with E-state index in [1.807, 2.05) is 30.3 Å². The molecule has 3 aromatic carbocycles. The van der Waals surface area contributed by atoms with Crippen LogP contribution in [0.2, 0.25) is 0 Å². The number of nitrogens with one attached hydrogen (secondary N) is 1. The molecule has 0 bridgehead atoms. The number of amides is 1. The first-order valence-corrected chi connectivity index (χ1v) is 7.44. The number of carbonyl (C=O) groups is 1. The van der Waals surface area contributed by atoms with E-state index in [0.29, 0.717) is 11.1 Å². The van der Waals surface area contributed by atoms with Crippen LogP contribution in [0.25, 0.3) is 10.8 Å². The molecule has 5 heteroatoms. The predicted octanol–water partition coefficient (Wildman–Crippen LogP) is 2.94. The van der Waals surface area contributed by atoms with Crippen molar-refractivity contribution in [3.05, 3.63) is 71.8 Å². The summed E-state index contributed by atoms with van der Waals surface area (Å²) in [6, 6.07) is 17.5. The second-order valence-electron chi connectivity index (χ2n) is 5.36. The van der Waals surface area contributed by atoms with E-state index >= 15 is 0 Å². The number of phenolic OH excluding ortho intramolecular Hbond substituents is 2. The fourth-order valence-electron chi connectivity index (χ4n) is 2.48. The molecular formula is C19H16N2O3. The molecule has 0 aliphatic rings. The van der Waals surface area contributed by atoms with Gasteiger partial charge < -0.3 is 10.2 Å². The average Bonchev–Trinajstić information content (AvgIpc) is 2.57. The summed E-state index contributed by atoms with van der Waals surface area (Å²) >= 11 is 0. The molecule has 120 valence electrons. The first-order valence-electron chi connectivity index (χ1n) is 7.44. The smallest absolute Gasteiger partial charge is 0.244 e. The largest absolute Gasteiger partial charge is 0.508 e. The minimum absolute atomic E-state index is 0.0969. The predicted molar refractivity (Wildman–Crippen MR) is 93.2 cm³/mol. The van der Waals surface area contributed by atoms with Crippen molar-refractivity contribution in [1.82, 2.24) is 5.43 Å². The Kier molecular flexibility index (Phi) is 4.43. The Labute approximate surface area is 138 Å². The monoisotopic (exact) mass is 320 g/mol. The summed E-state index contributed by atoms with van der Waals surface area (Å²) in [5.41, 5.74) is 3.67. The van der Waals surface area contributed by atoms with E-state index in [0.717, 1.165) is 10.8 Å². The summed E-state index contributed by atoms with van der Waals surface area (Å²) < 4.78 is 0. The number of fused-ring (bicyclic) bond motifs is 1. The molecule has 1 amide bonds. The lowest BCUT2D eigenvalue weighted by atomic mass is 10.0. The van der Waals surface area contributed by atoms with Gasteiger partial charge in [0.2, 0.25) is 5.91 Å².